The molecule has 0 radical (unpaired) electrons. The van der Waals surface area contributed by atoms with Crippen LogP contribution in [0, 0.1) is 6.92 Å². The zero-order valence-electron chi connectivity index (χ0n) is 12.7. The van der Waals surface area contributed by atoms with Gasteiger partial charge in [0.2, 0.25) is 5.13 Å². The van der Waals surface area contributed by atoms with Crippen LogP contribution in [0.2, 0.25) is 0 Å². The van der Waals surface area contributed by atoms with Gasteiger partial charge in [-0.2, -0.15) is 4.37 Å². The van der Waals surface area contributed by atoms with Crippen LogP contribution in [0.25, 0.3) is 11.5 Å². The number of hydrogen-bond donors (Lipinski definition) is 0. The average molecular weight is 328 g/mol. The van der Waals surface area contributed by atoms with Crippen molar-refractivity contribution < 1.29 is 4.42 Å². The first-order chi connectivity index (χ1) is 11.3. The van der Waals surface area contributed by atoms with Crippen LogP contribution in [-0.4, -0.2) is 45.7 Å². The fourth-order valence-electron chi connectivity index (χ4n) is 2.59. The summed E-state index contributed by atoms with van der Waals surface area (Å²) in [6.07, 6.45) is 1.64. The molecular weight excluding hydrogens is 312 g/mol. The predicted octanol–water partition coefficient (Wildman–Crippen LogP) is 2.22. The van der Waals surface area contributed by atoms with E-state index < -0.39 is 0 Å². The van der Waals surface area contributed by atoms with Crippen LogP contribution < -0.4 is 9.80 Å². The number of hydrogen-bond acceptors (Lipinski definition) is 8. The number of aryl methyl sites for hydroxylation is 1. The molecule has 1 aliphatic heterocycles. The molecule has 23 heavy (non-hydrogen) atoms. The molecular formula is C15H16N6OS. The van der Waals surface area contributed by atoms with Crippen LogP contribution >= 0.6 is 11.5 Å². The third-order valence-corrected chi connectivity index (χ3v) is 4.68. The molecule has 118 valence electrons. The van der Waals surface area contributed by atoms with Crippen LogP contribution in [0.5, 0.6) is 0 Å². The molecule has 0 N–H and O–H groups in total. The Morgan fingerprint density at radius 2 is 1.87 bits per heavy atom. The third kappa shape index (κ3) is 2.89. The Kier molecular flexibility index (Phi) is 3.66. The molecule has 8 heteroatoms. The molecule has 0 spiro atoms. The zero-order valence-corrected chi connectivity index (χ0v) is 13.5. The highest BCUT2D eigenvalue weighted by Crippen LogP contribution is 2.22. The molecule has 3 aromatic rings. The summed E-state index contributed by atoms with van der Waals surface area (Å²) in [6, 6.07) is 7.67. The molecule has 0 bridgehead atoms. The Labute approximate surface area is 137 Å². The van der Waals surface area contributed by atoms with Crippen molar-refractivity contribution in [2.24, 2.45) is 0 Å². The Morgan fingerprint density at radius 3 is 2.48 bits per heavy atom. The van der Waals surface area contributed by atoms with Crippen LogP contribution in [0.3, 0.4) is 0 Å². The largest absolute Gasteiger partial charge is 0.463 e. The molecule has 0 aliphatic carbocycles. The van der Waals surface area contributed by atoms with Gasteiger partial charge >= 0.3 is 0 Å². The second-order valence-corrected chi connectivity index (χ2v) is 6.08. The smallest absolute Gasteiger partial charge is 0.205 e. The Morgan fingerprint density at radius 1 is 1.04 bits per heavy atom. The number of nitrogens with zero attached hydrogens (tertiary/aromatic N) is 6. The summed E-state index contributed by atoms with van der Waals surface area (Å²) in [5, 5.41) is 9.59. The van der Waals surface area contributed by atoms with Gasteiger partial charge in [0.05, 0.1) is 6.26 Å². The Bertz CT molecular complexity index is 762. The molecule has 0 saturated carbocycles. The molecule has 0 atom stereocenters. The normalized spacial score (nSPS) is 15.2. The predicted molar refractivity (Wildman–Crippen MR) is 88.8 cm³/mol. The van der Waals surface area contributed by atoms with Crippen molar-refractivity contribution in [3.05, 3.63) is 36.4 Å². The quantitative estimate of drug-likeness (QED) is 0.730. The fourth-order valence-corrected chi connectivity index (χ4v) is 3.32. The SMILES string of the molecule is Cc1nsc(N2CCN(c3ccc(-c4ccco4)nn3)CC2)n1. The van der Waals surface area contributed by atoms with Gasteiger partial charge in [0.25, 0.3) is 0 Å². The van der Waals surface area contributed by atoms with Crippen molar-refractivity contribution in [2.45, 2.75) is 6.92 Å². The fraction of sp³-hybridized carbons (Fsp3) is 0.333. The van der Waals surface area contributed by atoms with Gasteiger partial charge < -0.3 is 14.2 Å². The topological polar surface area (TPSA) is 71.2 Å². The molecule has 4 rings (SSSR count). The van der Waals surface area contributed by atoms with Crippen LogP contribution in [0.15, 0.2) is 34.9 Å². The summed E-state index contributed by atoms with van der Waals surface area (Å²) < 4.78 is 9.58. The maximum Gasteiger partial charge on any atom is 0.205 e. The van der Waals surface area contributed by atoms with Gasteiger partial charge in [-0.15, -0.1) is 10.2 Å². The number of furan rings is 1. The molecule has 0 amide bonds. The van der Waals surface area contributed by atoms with Crippen molar-refractivity contribution >= 4 is 22.5 Å². The molecule has 7 nitrogen and oxygen atoms in total. The van der Waals surface area contributed by atoms with Crippen molar-refractivity contribution in [3.8, 4) is 11.5 Å². The van der Waals surface area contributed by atoms with Gasteiger partial charge in [-0.25, -0.2) is 4.98 Å². The highest BCUT2D eigenvalue weighted by Gasteiger charge is 2.21. The lowest BCUT2D eigenvalue weighted by Gasteiger charge is -2.34. The zero-order chi connectivity index (χ0) is 15.6. The molecule has 0 unspecified atom stereocenters. The van der Waals surface area contributed by atoms with Gasteiger partial charge in [-0.1, -0.05) is 0 Å². The Balaban J connectivity index is 1.42. The van der Waals surface area contributed by atoms with E-state index in [0.29, 0.717) is 0 Å². The van der Waals surface area contributed by atoms with E-state index in [-0.39, 0.29) is 0 Å². The second-order valence-electron chi connectivity index (χ2n) is 5.35. The minimum Gasteiger partial charge on any atom is -0.463 e. The first-order valence-corrected chi connectivity index (χ1v) is 8.25. The molecule has 1 aliphatic rings. The van der Waals surface area contributed by atoms with E-state index in [4.69, 9.17) is 4.42 Å². The molecule has 1 saturated heterocycles. The lowest BCUT2D eigenvalue weighted by Crippen LogP contribution is -2.46. The molecule has 3 aromatic heterocycles. The van der Waals surface area contributed by atoms with Gasteiger partial charge in [-0.3, -0.25) is 0 Å². The van der Waals surface area contributed by atoms with Gasteiger partial charge in [-0.05, 0) is 31.2 Å². The summed E-state index contributed by atoms with van der Waals surface area (Å²) >= 11 is 1.46. The van der Waals surface area contributed by atoms with Crippen LogP contribution in [0.1, 0.15) is 5.82 Å². The summed E-state index contributed by atoms with van der Waals surface area (Å²) in [6.45, 7) is 5.54. The summed E-state index contributed by atoms with van der Waals surface area (Å²) in [7, 11) is 0. The lowest BCUT2D eigenvalue weighted by molar-refractivity contribution is 0.578. The first kappa shape index (κ1) is 14.1. The monoisotopic (exact) mass is 328 g/mol. The van der Waals surface area contributed by atoms with Crippen LogP contribution in [0.4, 0.5) is 10.9 Å². The van der Waals surface area contributed by atoms with E-state index in [0.717, 1.165) is 54.4 Å². The Hall–Kier alpha value is -2.48. The number of piperazine rings is 1. The average Bonchev–Trinajstić information content (AvgIpc) is 3.27. The highest BCUT2D eigenvalue weighted by molar-refractivity contribution is 7.09. The van der Waals surface area contributed by atoms with E-state index in [9.17, 15) is 0 Å². The first-order valence-electron chi connectivity index (χ1n) is 7.47. The van der Waals surface area contributed by atoms with E-state index in [1.807, 2.05) is 31.2 Å². The summed E-state index contributed by atoms with van der Waals surface area (Å²) in [4.78, 5) is 8.96. The van der Waals surface area contributed by atoms with E-state index in [2.05, 4.69) is 29.4 Å². The van der Waals surface area contributed by atoms with E-state index in [1.54, 1.807) is 6.26 Å². The van der Waals surface area contributed by atoms with Crippen molar-refractivity contribution in [1.82, 2.24) is 19.6 Å². The minimum absolute atomic E-state index is 0.737. The van der Waals surface area contributed by atoms with E-state index in [1.165, 1.54) is 11.5 Å². The van der Waals surface area contributed by atoms with Gasteiger partial charge in [0, 0.05) is 37.7 Å². The van der Waals surface area contributed by atoms with Crippen molar-refractivity contribution in [2.75, 3.05) is 36.0 Å². The molecule has 4 heterocycles. The minimum atomic E-state index is 0.737. The molecule has 0 aromatic carbocycles. The maximum atomic E-state index is 5.34. The maximum absolute atomic E-state index is 5.34. The third-order valence-electron chi connectivity index (χ3n) is 3.82. The summed E-state index contributed by atoms with van der Waals surface area (Å²) in [5.41, 5.74) is 0.752. The number of aromatic nitrogens is 4. The second kappa shape index (κ2) is 5.96. The number of anilines is 2. The lowest BCUT2D eigenvalue weighted by atomic mass is 10.3. The standard InChI is InChI=1S/C15H16N6OS/c1-11-16-15(23-19-11)21-8-6-20(7-9-21)14-5-4-12(17-18-14)13-3-2-10-22-13/h2-5,10H,6-9H2,1H3. The molecule has 1 fully saturated rings. The number of rotatable bonds is 3. The van der Waals surface area contributed by atoms with Gasteiger partial charge in [0.1, 0.15) is 11.5 Å². The van der Waals surface area contributed by atoms with Crippen LogP contribution in [-0.2, 0) is 0 Å². The van der Waals surface area contributed by atoms with Crippen molar-refractivity contribution in [3.63, 3.8) is 0 Å². The highest BCUT2D eigenvalue weighted by atomic mass is 32.1. The van der Waals surface area contributed by atoms with E-state index >= 15 is 0 Å². The van der Waals surface area contributed by atoms with Gasteiger partial charge in [0.15, 0.2) is 11.6 Å². The van der Waals surface area contributed by atoms with Crippen molar-refractivity contribution in [1.29, 1.82) is 0 Å². The summed E-state index contributed by atoms with van der Waals surface area (Å²) in [5.74, 6) is 2.47.